The van der Waals surface area contributed by atoms with E-state index in [-0.39, 0.29) is 0 Å². The molecule has 0 saturated heterocycles. The van der Waals surface area contributed by atoms with Gasteiger partial charge in [-0.25, -0.2) is 0 Å². The van der Waals surface area contributed by atoms with Gasteiger partial charge in [0.15, 0.2) is 5.82 Å². The Hall–Kier alpha value is -2.90. The lowest BCUT2D eigenvalue weighted by molar-refractivity contribution is 0.306. The number of thioether (sulfide) groups is 1. The summed E-state index contributed by atoms with van der Waals surface area (Å²) in [7, 11) is 0. The molecule has 0 spiro atoms. The van der Waals surface area contributed by atoms with Gasteiger partial charge in [0.05, 0.1) is 6.21 Å². The normalized spacial score (nSPS) is 11.2. The summed E-state index contributed by atoms with van der Waals surface area (Å²) < 4.78 is 8.90. The molecule has 1 aromatic heterocycles. The van der Waals surface area contributed by atoms with Gasteiger partial charge in [0.2, 0.25) is 5.16 Å². The number of para-hydroxylation sites is 1. The van der Waals surface area contributed by atoms with Crippen LogP contribution in [0.25, 0.3) is 0 Å². The smallest absolute Gasteiger partial charge is 0.212 e. The maximum Gasteiger partial charge on any atom is 0.212 e. The summed E-state index contributed by atoms with van der Waals surface area (Å²) in [6.45, 7) is 4.48. The predicted molar refractivity (Wildman–Crippen MR) is 133 cm³/mol. The van der Waals surface area contributed by atoms with E-state index in [0.29, 0.717) is 6.61 Å². The molecule has 7 heteroatoms. The first-order valence-corrected chi connectivity index (χ1v) is 12.0. The van der Waals surface area contributed by atoms with Crippen LogP contribution in [0.15, 0.2) is 87.5 Å². The highest BCUT2D eigenvalue weighted by atomic mass is 79.9. The zero-order valence-corrected chi connectivity index (χ0v) is 20.3. The van der Waals surface area contributed by atoms with Crippen LogP contribution in [0.4, 0.5) is 0 Å². The van der Waals surface area contributed by atoms with Crippen LogP contribution in [-0.4, -0.2) is 21.1 Å². The minimum atomic E-state index is 0.505. The van der Waals surface area contributed by atoms with E-state index >= 15 is 0 Å². The molecule has 32 heavy (non-hydrogen) atoms. The molecule has 4 aromatic rings. The predicted octanol–water partition coefficient (Wildman–Crippen LogP) is 6.41. The second kappa shape index (κ2) is 10.6. The Morgan fingerprint density at radius 2 is 1.66 bits per heavy atom. The highest BCUT2D eigenvalue weighted by Crippen LogP contribution is 2.23. The third kappa shape index (κ3) is 5.87. The van der Waals surface area contributed by atoms with Crippen molar-refractivity contribution in [2.75, 3.05) is 0 Å². The summed E-state index contributed by atoms with van der Waals surface area (Å²) in [5, 5.41) is 13.9. The Labute approximate surface area is 200 Å². The van der Waals surface area contributed by atoms with E-state index in [4.69, 9.17) is 4.74 Å². The number of rotatable bonds is 8. The van der Waals surface area contributed by atoms with Gasteiger partial charge in [-0.2, -0.15) is 9.78 Å². The fourth-order valence-corrected chi connectivity index (χ4v) is 4.13. The standard InChI is InChI=1S/C25H23BrN4OS/c1-18-7-9-20(10-8-18)16-31-24-6-4-3-5-22(24)15-27-30-19(2)28-29-25(30)32-17-21-11-13-23(26)14-12-21/h3-15H,16-17H2,1-2H3/b27-15-. The van der Waals surface area contributed by atoms with Crippen LogP contribution >= 0.6 is 27.7 Å². The summed E-state index contributed by atoms with van der Waals surface area (Å²) in [6, 6.07) is 24.5. The summed E-state index contributed by atoms with van der Waals surface area (Å²) in [6.07, 6.45) is 1.80. The monoisotopic (exact) mass is 506 g/mol. The van der Waals surface area contributed by atoms with Gasteiger partial charge in [-0.1, -0.05) is 81.8 Å². The van der Waals surface area contributed by atoms with Crippen molar-refractivity contribution in [1.82, 2.24) is 14.9 Å². The Bertz CT molecular complexity index is 1200. The molecule has 0 amide bonds. The van der Waals surface area contributed by atoms with E-state index < -0.39 is 0 Å². The molecule has 0 saturated carbocycles. The van der Waals surface area contributed by atoms with Crippen molar-refractivity contribution >= 4 is 33.9 Å². The first-order valence-electron chi connectivity index (χ1n) is 10.2. The minimum absolute atomic E-state index is 0.505. The number of aromatic nitrogens is 3. The van der Waals surface area contributed by atoms with Gasteiger partial charge in [-0.05, 0) is 49.2 Å². The Morgan fingerprint density at radius 1 is 0.938 bits per heavy atom. The molecule has 0 atom stereocenters. The second-order valence-corrected chi connectivity index (χ2v) is 9.17. The second-order valence-electron chi connectivity index (χ2n) is 7.31. The Balaban J connectivity index is 1.47. The fourth-order valence-electron chi connectivity index (χ4n) is 2.97. The van der Waals surface area contributed by atoms with Crippen molar-refractivity contribution in [2.24, 2.45) is 5.10 Å². The van der Waals surface area contributed by atoms with E-state index in [1.165, 1.54) is 11.1 Å². The molecular formula is C25H23BrN4OS. The molecule has 5 nitrogen and oxygen atoms in total. The van der Waals surface area contributed by atoms with Crippen LogP contribution in [-0.2, 0) is 12.4 Å². The van der Waals surface area contributed by atoms with Crippen molar-refractivity contribution in [1.29, 1.82) is 0 Å². The first-order chi connectivity index (χ1) is 15.6. The quantitative estimate of drug-likeness (QED) is 0.204. The maximum absolute atomic E-state index is 6.07. The van der Waals surface area contributed by atoms with Crippen LogP contribution < -0.4 is 4.74 Å². The third-order valence-corrected chi connectivity index (χ3v) is 6.31. The molecule has 4 rings (SSSR count). The summed E-state index contributed by atoms with van der Waals surface area (Å²) in [4.78, 5) is 0. The molecule has 0 N–H and O–H groups in total. The highest BCUT2D eigenvalue weighted by molar-refractivity contribution is 9.10. The van der Waals surface area contributed by atoms with Crippen LogP contribution in [0.3, 0.4) is 0 Å². The fraction of sp³-hybridized carbons (Fsp3) is 0.160. The lowest BCUT2D eigenvalue weighted by atomic mass is 10.1. The summed E-state index contributed by atoms with van der Waals surface area (Å²) >= 11 is 5.07. The third-order valence-electron chi connectivity index (χ3n) is 4.80. The minimum Gasteiger partial charge on any atom is -0.488 e. The van der Waals surface area contributed by atoms with Crippen molar-refractivity contribution in [3.8, 4) is 5.75 Å². The molecule has 0 aliphatic heterocycles. The van der Waals surface area contributed by atoms with Crippen LogP contribution in [0.2, 0.25) is 0 Å². The summed E-state index contributed by atoms with van der Waals surface area (Å²) in [5.74, 6) is 2.31. The molecular weight excluding hydrogens is 484 g/mol. The van der Waals surface area contributed by atoms with E-state index in [1.807, 2.05) is 43.3 Å². The maximum atomic E-state index is 6.07. The number of hydrogen-bond donors (Lipinski definition) is 0. The average Bonchev–Trinajstić information content (AvgIpc) is 3.16. The van der Waals surface area contributed by atoms with E-state index in [0.717, 1.165) is 38.1 Å². The zero-order valence-electron chi connectivity index (χ0n) is 17.9. The van der Waals surface area contributed by atoms with Gasteiger partial charge in [-0.3, -0.25) is 0 Å². The molecule has 0 aliphatic rings. The van der Waals surface area contributed by atoms with Gasteiger partial charge in [0.1, 0.15) is 12.4 Å². The van der Waals surface area contributed by atoms with Crippen molar-refractivity contribution in [2.45, 2.75) is 31.4 Å². The van der Waals surface area contributed by atoms with E-state index in [1.54, 1.807) is 22.7 Å². The first kappa shape index (κ1) is 22.3. The number of ether oxygens (including phenoxy) is 1. The van der Waals surface area contributed by atoms with E-state index in [9.17, 15) is 0 Å². The largest absolute Gasteiger partial charge is 0.488 e. The van der Waals surface area contributed by atoms with Gasteiger partial charge < -0.3 is 4.74 Å². The molecule has 1 heterocycles. The molecule has 0 unspecified atom stereocenters. The molecule has 0 radical (unpaired) electrons. The van der Waals surface area contributed by atoms with Crippen molar-refractivity contribution in [3.05, 3.63) is 105 Å². The SMILES string of the molecule is Cc1ccc(COc2ccccc2/C=N\n2c(C)nnc2SCc2ccc(Br)cc2)cc1. The van der Waals surface area contributed by atoms with Gasteiger partial charge >= 0.3 is 0 Å². The lowest BCUT2D eigenvalue weighted by Gasteiger charge is -2.09. The molecule has 162 valence electrons. The zero-order chi connectivity index (χ0) is 22.3. The van der Waals surface area contributed by atoms with Gasteiger partial charge in [0.25, 0.3) is 0 Å². The number of halogens is 1. The number of hydrogen-bond acceptors (Lipinski definition) is 5. The highest BCUT2D eigenvalue weighted by Gasteiger charge is 2.09. The molecule has 0 bridgehead atoms. The number of aryl methyl sites for hydroxylation is 2. The summed E-state index contributed by atoms with van der Waals surface area (Å²) in [5.41, 5.74) is 4.48. The topological polar surface area (TPSA) is 52.3 Å². The van der Waals surface area contributed by atoms with Crippen molar-refractivity contribution in [3.63, 3.8) is 0 Å². The van der Waals surface area contributed by atoms with Crippen LogP contribution in [0.5, 0.6) is 5.75 Å². The molecule has 0 aliphatic carbocycles. The Morgan fingerprint density at radius 3 is 2.44 bits per heavy atom. The van der Waals surface area contributed by atoms with Crippen LogP contribution in [0, 0.1) is 13.8 Å². The van der Waals surface area contributed by atoms with Crippen molar-refractivity contribution < 1.29 is 4.74 Å². The van der Waals surface area contributed by atoms with Crippen LogP contribution in [0.1, 0.15) is 28.1 Å². The number of nitrogens with zero attached hydrogens (tertiary/aromatic N) is 4. The molecule has 3 aromatic carbocycles. The average molecular weight is 507 g/mol. The lowest BCUT2D eigenvalue weighted by Crippen LogP contribution is -2.00. The molecule has 0 fully saturated rings. The number of benzene rings is 3. The van der Waals surface area contributed by atoms with Gasteiger partial charge in [-0.15, -0.1) is 10.2 Å². The Kier molecular flexibility index (Phi) is 7.39. The van der Waals surface area contributed by atoms with E-state index in [2.05, 4.69) is 74.6 Å². The van der Waals surface area contributed by atoms with Gasteiger partial charge in [0, 0.05) is 15.8 Å².